The van der Waals surface area contributed by atoms with Crippen molar-refractivity contribution in [2.24, 2.45) is 0 Å². The predicted octanol–water partition coefficient (Wildman–Crippen LogP) is 2.58. The predicted molar refractivity (Wildman–Crippen MR) is 82.1 cm³/mol. The monoisotopic (exact) mass is 300 g/mol. The third-order valence-corrected chi connectivity index (χ3v) is 3.18. The van der Waals surface area contributed by atoms with E-state index in [1.807, 2.05) is 30.3 Å². The number of ether oxygens (including phenoxy) is 1. The lowest BCUT2D eigenvalue weighted by atomic mass is 10.1. The van der Waals surface area contributed by atoms with Crippen molar-refractivity contribution in [3.8, 4) is 5.75 Å². The molecule has 22 heavy (non-hydrogen) atoms. The molecule has 0 radical (unpaired) electrons. The summed E-state index contributed by atoms with van der Waals surface area (Å²) in [6.07, 6.45) is 0.684. The summed E-state index contributed by atoms with van der Waals surface area (Å²) in [5.41, 5.74) is 1.12. The fourth-order valence-corrected chi connectivity index (χ4v) is 2.05. The molecule has 0 aliphatic rings. The van der Waals surface area contributed by atoms with E-state index in [0.717, 1.165) is 5.56 Å². The van der Waals surface area contributed by atoms with E-state index in [9.17, 15) is 14.9 Å². The van der Waals surface area contributed by atoms with Crippen LogP contribution in [0.4, 0.5) is 5.69 Å². The summed E-state index contributed by atoms with van der Waals surface area (Å²) in [5.74, 6) is -0.0840. The number of nitro groups is 1. The molecule has 1 amide bonds. The highest BCUT2D eigenvalue weighted by Gasteiger charge is 2.17. The average molecular weight is 300 g/mol. The molecule has 2 rings (SSSR count). The van der Waals surface area contributed by atoms with E-state index in [2.05, 4.69) is 5.32 Å². The molecule has 0 atom stereocenters. The van der Waals surface area contributed by atoms with Crippen LogP contribution >= 0.6 is 0 Å². The summed E-state index contributed by atoms with van der Waals surface area (Å²) < 4.78 is 5.08. The Balaban J connectivity index is 2.05. The zero-order chi connectivity index (χ0) is 15.9. The second-order valence-electron chi connectivity index (χ2n) is 4.63. The number of nitro benzene ring substituents is 1. The topological polar surface area (TPSA) is 81.5 Å². The number of nitrogens with zero attached hydrogens (tertiary/aromatic N) is 1. The van der Waals surface area contributed by atoms with Crippen molar-refractivity contribution in [1.29, 1.82) is 0 Å². The molecule has 0 spiro atoms. The fourth-order valence-electron chi connectivity index (χ4n) is 2.05. The lowest BCUT2D eigenvalue weighted by molar-refractivity contribution is -0.384. The van der Waals surface area contributed by atoms with Crippen molar-refractivity contribution >= 4 is 11.6 Å². The molecule has 0 saturated carbocycles. The molecule has 0 heterocycles. The van der Waals surface area contributed by atoms with Crippen molar-refractivity contribution < 1.29 is 14.5 Å². The summed E-state index contributed by atoms with van der Waals surface area (Å²) in [4.78, 5) is 22.4. The number of nitrogens with one attached hydrogen (secondary N) is 1. The largest absolute Gasteiger partial charge is 0.496 e. The smallest absolute Gasteiger partial charge is 0.270 e. The van der Waals surface area contributed by atoms with Gasteiger partial charge in [-0.25, -0.2) is 0 Å². The standard InChI is InChI=1S/C16H16N2O4/c1-22-15-8-7-13(18(20)21)11-14(15)16(19)17-10-9-12-5-3-2-4-6-12/h2-8,11H,9-10H2,1H3,(H,17,19). The Bertz CT molecular complexity index is 671. The van der Waals surface area contributed by atoms with E-state index in [-0.39, 0.29) is 11.3 Å². The summed E-state index contributed by atoms with van der Waals surface area (Å²) in [6, 6.07) is 13.7. The Morgan fingerprint density at radius 3 is 2.59 bits per heavy atom. The molecule has 0 unspecified atom stereocenters. The second-order valence-corrected chi connectivity index (χ2v) is 4.63. The highest BCUT2D eigenvalue weighted by atomic mass is 16.6. The first-order chi connectivity index (χ1) is 10.6. The molecule has 114 valence electrons. The summed E-state index contributed by atoms with van der Waals surface area (Å²) in [6.45, 7) is 0.439. The number of amides is 1. The van der Waals surface area contributed by atoms with Crippen LogP contribution < -0.4 is 10.1 Å². The molecule has 6 nitrogen and oxygen atoms in total. The van der Waals surface area contributed by atoms with Gasteiger partial charge in [0.15, 0.2) is 0 Å². The van der Waals surface area contributed by atoms with Gasteiger partial charge in [0, 0.05) is 18.7 Å². The van der Waals surface area contributed by atoms with E-state index in [1.54, 1.807) is 0 Å². The van der Waals surface area contributed by atoms with E-state index in [0.29, 0.717) is 18.7 Å². The van der Waals surface area contributed by atoms with Gasteiger partial charge in [-0.15, -0.1) is 0 Å². The van der Waals surface area contributed by atoms with E-state index < -0.39 is 10.8 Å². The van der Waals surface area contributed by atoms with Crippen LogP contribution in [0.1, 0.15) is 15.9 Å². The van der Waals surface area contributed by atoms with Gasteiger partial charge >= 0.3 is 0 Å². The lowest BCUT2D eigenvalue weighted by Gasteiger charge is -2.09. The molecule has 0 aromatic heterocycles. The van der Waals surface area contributed by atoms with Crippen LogP contribution in [0.2, 0.25) is 0 Å². The van der Waals surface area contributed by atoms with Crippen LogP contribution in [-0.4, -0.2) is 24.5 Å². The first kappa shape index (κ1) is 15.5. The number of methoxy groups -OCH3 is 1. The van der Waals surface area contributed by atoms with Crippen LogP contribution in [0.25, 0.3) is 0 Å². The highest BCUT2D eigenvalue weighted by molar-refractivity contribution is 5.97. The fraction of sp³-hybridized carbons (Fsp3) is 0.188. The number of hydrogen-bond acceptors (Lipinski definition) is 4. The molecule has 0 saturated heterocycles. The second kappa shape index (κ2) is 7.21. The highest BCUT2D eigenvalue weighted by Crippen LogP contribution is 2.23. The van der Waals surface area contributed by atoms with Gasteiger partial charge in [0.05, 0.1) is 17.6 Å². The van der Waals surface area contributed by atoms with E-state index >= 15 is 0 Å². The summed E-state index contributed by atoms with van der Waals surface area (Å²) in [7, 11) is 1.42. The van der Waals surface area contributed by atoms with Crippen molar-refractivity contribution in [3.63, 3.8) is 0 Å². The lowest BCUT2D eigenvalue weighted by Crippen LogP contribution is -2.26. The van der Waals surface area contributed by atoms with Crippen LogP contribution in [0.3, 0.4) is 0 Å². The summed E-state index contributed by atoms with van der Waals surface area (Å²) >= 11 is 0. The maximum atomic E-state index is 12.2. The van der Waals surface area contributed by atoms with Gasteiger partial charge in [0.2, 0.25) is 0 Å². The third-order valence-electron chi connectivity index (χ3n) is 3.18. The normalized spacial score (nSPS) is 10.0. The third kappa shape index (κ3) is 3.82. The Morgan fingerprint density at radius 2 is 1.95 bits per heavy atom. The number of carbonyl (C=O) groups excluding carboxylic acids is 1. The van der Waals surface area contributed by atoms with Gasteiger partial charge in [-0.3, -0.25) is 14.9 Å². The van der Waals surface area contributed by atoms with E-state index in [4.69, 9.17) is 4.74 Å². The van der Waals surface area contributed by atoms with E-state index in [1.165, 1.54) is 25.3 Å². The van der Waals surface area contributed by atoms with Crippen molar-refractivity contribution in [3.05, 3.63) is 69.8 Å². The van der Waals surface area contributed by atoms with Crippen LogP contribution in [0.15, 0.2) is 48.5 Å². The van der Waals surface area contributed by atoms with Gasteiger partial charge < -0.3 is 10.1 Å². The number of rotatable bonds is 6. The molecule has 6 heteroatoms. The van der Waals surface area contributed by atoms with Crippen molar-refractivity contribution in [2.75, 3.05) is 13.7 Å². The molecule has 0 bridgehead atoms. The average Bonchev–Trinajstić information content (AvgIpc) is 2.55. The SMILES string of the molecule is COc1ccc([N+](=O)[O-])cc1C(=O)NCCc1ccccc1. The van der Waals surface area contributed by atoms with Crippen LogP contribution in [0.5, 0.6) is 5.75 Å². The Labute approximate surface area is 127 Å². The first-order valence-electron chi connectivity index (χ1n) is 6.76. The quantitative estimate of drug-likeness (QED) is 0.656. The number of non-ortho nitro benzene ring substituents is 1. The minimum Gasteiger partial charge on any atom is -0.496 e. The Kier molecular flexibility index (Phi) is 5.08. The maximum Gasteiger partial charge on any atom is 0.270 e. The number of hydrogen-bond donors (Lipinski definition) is 1. The zero-order valence-electron chi connectivity index (χ0n) is 12.1. The van der Waals surface area contributed by atoms with Gasteiger partial charge in [-0.1, -0.05) is 30.3 Å². The molecular weight excluding hydrogens is 284 g/mol. The molecular formula is C16H16N2O4. The van der Waals surface area contributed by atoms with Gasteiger partial charge in [-0.05, 0) is 18.1 Å². The van der Waals surface area contributed by atoms with Gasteiger partial charge in [-0.2, -0.15) is 0 Å². The Morgan fingerprint density at radius 1 is 1.23 bits per heavy atom. The minimum atomic E-state index is -0.541. The van der Waals surface area contributed by atoms with Crippen molar-refractivity contribution in [2.45, 2.75) is 6.42 Å². The number of benzene rings is 2. The molecule has 0 fully saturated rings. The first-order valence-corrected chi connectivity index (χ1v) is 6.76. The summed E-state index contributed by atoms with van der Waals surface area (Å²) in [5, 5.41) is 13.6. The van der Waals surface area contributed by atoms with Gasteiger partial charge in [0.1, 0.15) is 5.75 Å². The van der Waals surface area contributed by atoms with Gasteiger partial charge in [0.25, 0.3) is 11.6 Å². The minimum absolute atomic E-state index is 0.144. The molecule has 2 aromatic carbocycles. The molecule has 0 aliphatic carbocycles. The van der Waals surface area contributed by atoms with Crippen molar-refractivity contribution in [1.82, 2.24) is 5.32 Å². The Hall–Kier alpha value is -2.89. The molecule has 2 aromatic rings. The van der Waals surface area contributed by atoms with Crippen LogP contribution in [-0.2, 0) is 6.42 Å². The van der Waals surface area contributed by atoms with Crippen LogP contribution in [0, 0.1) is 10.1 Å². The number of carbonyl (C=O) groups is 1. The molecule has 0 aliphatic heterocycles. The zero-order valence-corrected chi connectivity index (χ0v) is 12.1. The molecule has 1 N–H and O–H groups in total. The maximum absolute atomic E-state index is 12.2.